The summed E-state index contributed by atoms with van der Waals surface area (Å²) in [6.45, 7) is 6.40. The van der Waals surface area contributed by atoms with Gasteiger partial charge in [-0.2, -0.15) is 0 Å². The summed E-state index contributed by atoms with van der Waals surface area (Å²) in [6.07, 6.45) is 4.18. The molecule has 1 N–H and O–H groups in total. The molecule has 1 fully saturated rings. The van der Waals surface area contributed by atoms with E-state index in [1.165, 1.54) is 5.69 Å². The van der Waals surface area contributed by atoms with Gasteiger partial charge in [0.2, 0.25) is 0 Å². The van der Waals surface area contributed by atoms with Crippen molar-refractivity contribution in [2.24, 2.45) is 0 Å². The molecule has 0 aromatic carbocycles. The van der Waals surface area contributed by atoms with Crippen LogP contribution in [0.1, 0.15) is 36.5 Å². The zero-order valence-corrected chi connectivity index (χ0v) is 13.4. The van der Waals surface area contributed by atoms with Crippen LogP contribution in [0.3, 0.4) is 0 Å². The molecular formula is C16H22N4S. The first kappa shape index (κ1) is 14.5. The molecule has 1 saturated heterocycles. The summed E-state index contributed by atoms with van der Waals surface area (Å²) in [6, 6.07) is 7.02. The lowest BCUT2D eigenvalue weighted by Gasteiger charge is -2.34. The van der Waals surface area contributed by atoms with Crippen LogP contribution in [0.2, 0.25) is 0 Å². The van der Waals surface area contributed by atoms with E-state index in [2.05, 4.69) is 51.5 Å². The summed E-state index contributed by atoms with van der Waals surface area (Å²) in [7, 11) is 0. The minimum absolute atomic E-state index is 0.335. The number of aromatic nitrogens is 2. The molecule has 1 atom stereocenters. The molecule has 1 aliphatic rings. The second-order valence-corrected chi connectivity index (χ2v) is 6.69. The third-order valence-electron chi connectivity index (χ3n) is 4.03. The predicted octanol–water partition coefficient (Wildman–Crippen LogP) is 3.17. The van der Waals surface area contributed by atoms with Crippen LogP contribution in [0.4, 0.5) is 5.82 Å². The topological polar surface area (TPSA) is 41.1 Å². The van der Waals surface area contributed by atoms with Gasteiger partial charge in [0.15, 0.2) is 0 Å². The highest BCUT2D eigenvalue weighted by Gasteiger charge is 2.22. The zero-order valence-electron chi connectivity index (χ0n) is 12.6. The quantitative estimate of drug-likeness (QED) is 0.942. The molecule has 3 rings (SSSR count). The van der Waals surface area contributed by atoms with E-state index >= 15 is 0 Å². The van der Waals surface area contributed by atoms with Crippen LogP contribution < -0.4 is 10.2 Å². The number of anilines is 1. The molecule has 0 aliphatic carbocycles. The van der Waals surface area contributed by atoms with E-state index in [1.54, 1.807) is 11.3 Å². The highest BCUT2D eigenvalue weighted by Crippen LogP contribution is 2.21. The third-order valence-corrected chi connectivity index (χ3v) is 4.83. The number of nitrogens with one attached hydrogen (secondary N) is 1. The Morgan fingerprint density at radius 2 is 2.14 bits per heavy atom. The van der Waals surface area contributed by atoms with E-state index in [1.807, 2.05) is 12.3 Å². The second kappa shape index (κ2) is 6.54. The first-order valence-corrected chi connectivity index (χ1v) is 8.44. The molecule has 1 aliphatic heterocycles. The predicted molar refractivity (Wildman–Crippen MR) is 87.9 cm³/mol. The number of hydrogen-bond donors (Lipinski definition) is 1. The minimum atomic E-state index is 0.335. The Bertz CT molecular complexity index is 561. The maximum atomic E-state index is 4.57. The molecular weight excluding hydrogens is 280 g/mol. The number of thiazole rings is 1. The Kier molecular flexibility index (Phi) is 4.51. The third kappa shape index (κ3) is 3.60. The Balaban J connectivity index is 1.52. The molecule has 0 amide bonds. The van der Waals surface area contributed by atoms with E-state index in [-0.39, 0.29) is 0 Å². The lowest BCUT2D eigenvalue weighted by molar-refractivity contribution is 0.377. The lowest BCUT2D eigenvalue weighted by Crippen LogP contribution is -2.43. The standard InChI is InChI=1S/C16H22N4S/c1-12(15-11-21-13(2)19-15)18-14-6-9-20(10-7-14)16-5-3-4-8-17-16/h3-5,8,11-12,14,18H,6-7,9-10H2,1-2H3/t12-/m0/s1. The molecule has 5 heteroatoms. The SMILES string of the molecule is Cc1nc([C@H](C)NC2CCN(c3ccccn3)CC2)cs1. The molecule has 0 radical (unpaired) electrons. The van der Waals surface area contributed by atoms with Crippen LogP contribution in [-0.2, 0) is 0 Å². The van der Waals surface area contributed by atoms with Gasteiger partial charge in [-0.25, -0.2) is 9.97 Å². The first-order chi connectivity index (χ1) is 10.2. The van der Waals surface area contributed by atoms with Gasteiger partial charge in [-0.05, 0) is 38.8 Å². The Labute approximate surface area is 130 Å². The van der Waals surface area contributed by atoms with E-state index in [0.29, 0.717) is 12.1 Å². The normalized spacial score (nSPS) is 17.9. The summed E-state index contributed by atoms with van der Waals surface area (Å²) < 4.78 is 0. The van der Waals surface area contributed by atoms with Gasteiger partial charge in [0.05, 0.1) is 10.7 Å². The summed E-state index contributed by atoms with van der Waals surface area (Å²) in [5.41, 5.74) is 1.17. The van der Waals surface area contributed by atoms with E-state index in [9.17, 15) is 0 Å². The summed E-state index contributed by atoms with van der Waals surface area (Å²) in [4.78, 5) is 11.4. The van der Waals surface area contributed by atoms with Gasteiger partial charge in [-0.3, -0.25) is 0 Å². The monoisotopic (exact) mass is 302 g/mol. The zero-order chi connectivity index (χ0) is 14.7. The molecule has 0 saturated carbocycles. The van der Waals surface area contributed by atoms with Gasteiger partial charge < -0.3 is 10.2 Å². The Morgan fingerprint density at radius 3 is 2.76 bits per heavy atom. The van der Waals surface area contributed by atoms with Gasteiger partial charge in [0, 0.05) is 36.8 Å². The molecule has 2 aromatic heterocycles. The molecule has 4 nitrogen and oxygen atoms in total. The smallest absolute Gasteiger partial charge is 0.128 e. The number of pyridine rings is 1. The van der Waals surface area contributed by atoms with Crippen LogP contribution in [-0.4, -0.2) is 29.1 Å². The highest BCUT2D eigenvalue weighted by molar-refractivity contribution is 7.09. The lowest BCUT2D eigenvalue weighted by atomic mass is 10.0. The van der Waals surface area contributed by atoms with Gasteiger partial charge >= 0.3 is 0 Å². The van der Waals surface area contributed by atoms with Gasteiger partial charge in [-0.15, -0.1) is 11.3 Å². The van der Waals surface area contributed by atoms with Gasteiger partial charge in [0.25, 0.3) is 0 Å². The van der Waals surface area contributed by atoms with Gasteiger partial charge in [-0.1, -0.05) is 6.07 Å². The fraction of sp³-hybridized carbons (Fsp3) is 0.500. The van der Waals surface area contributed by atoms with E-state index < -0.39 is 0 Å². The molecule has 3 heterocycles. The van der Waals surface area contributed by atoms with E-state index in [4.69, 9.17) is 0 Å². The van der Waals surface area contributed by atoms with Crippen molar-refractivity contribution < 1.29 is 0 Å². The number of nitrogens with zero attached hydrogens (tertiary/aromatic N) is 3. The van der Waals surface area contributed by atoms with Crippen molar-refractivity contribution in [2.45, 2.75) is 38.8 Å². The first-order valence-electron chi connectivity index (χ1n) is 7.56. The summed E-state index contributed by atoms with van der Waals surface area (Å²) in [5, 5.41) is 7.02. The van der Waals surface area contributed by atoms with Crippen LogP contribution in [0, 0.1) is 6.92 Å². The number of piperidine rings is 1. The molecule has 2 aromatic rings. The Morgan fingerprint density at radius 1 is 1.33 bits per heavy atom. The number of aryl methyl sites for hydroxylation is 1. The van der Waals surface area contributed by atoms with Crippen molar-refractivity contribution in [1.29, 1.82) is 0 Å². The summed E-state index contributed by atoms with van der Waals surface area (Å²) in [5.74, 6) is 1.10. The van der Waals surface area contributed by atoms with Crippen molar-refractivity contribution in [1.82, 2.24) is 15.3 Å². The maximum Gasteiger partial charge on any atom is 0.128 e. The van der Waals surface area contributed by atoms with Crippen LogP contribution in [0.25, 0.3) is 0 Å². The fourth-order valence-corrected chi connectivity index (χ4v) is 3.54. The average molecular weight is 302 g/mol. The van der Waals surface area contributed by atoms with Crippen molar-refractivity contribution >= 4 is 17.2 Å². The van der Waals surface area contributed by atoms with Crippen molar-refractivity contribution in [3.8, 4) is 0 Å². The van der Waals surface area contributed by atoms with Crippen molar-refractivity contribution in [3.63, 3.8) is 0 Å². The van der Waals surface area contributed by atoms with Crippen molar-refractivity contribution in [2.75, 3.05) is 18.0 Å². The van der Waals surface area contributed by atoms with Crippen LogP contribution >= 0.6 is 11.3 Å². The molecule has 0 bridgehead atoms. The molecule has 0 spiro atoms. The second-order valence-electron chi connectivity index (χ2n) is 5.63. The van der Waals surface area contributed by atoms with Crippen LogP contribution in [0.5, 0.6) is 0 Å². The summed E-state index contributed by atoms with van der Waals surface area (Å²) >= 11 is 1.72. The number of rotatable bonds is 4. The number of hydrogen-bond acceptors (Lipinski definition) is 5. The van der Waals surface area contributed by atoms with Crippen molar-refractivity contribution in [3.05, 3.63) is 40.5 Å². The minimum Gasteiger partial charge on any atom is -0.357 e. The van der Waals surface area contributed by atoms with Gasteiger partial charge in [0.1, 0.15) is 5.82 Å². The molecule has 21 heavy (non-hydrogen) atoms. The van der Waals surface area contributed by atoms with Crippen LogP contribution in [0.15, 0.2) is 29.8 Å². The highest BCUT2D eigenvalue weighted by atomic mass is 32.1. The average Bonchev–Trinajstić information content (AvgIpc) is 2.96. The fourth-order valence-electron chi connectivity index (χ4n) is 2.83. The molecule has 112 valence electrons. The largest absolute Gasteiger partial charge is 0.357 e. The van der Waals surface area contributed by atoms with E-state index in [0.717, 1.165) is 36.8 Å². The molecule has 0 unspecified atom stereocenters. The Hall–Kier alpha value is -1.46. The maximum absolute atomic E-state index is 4.57.